The normalized spacial score (nSPS) is 56.7. The van der Waals surface area contributed by atoms with Gasteiger partial charge in [0.25, 0.3) is 0 Å². The van der Waals surface area contributed by atoms with Crippen LogP contribution in [0.5, 0.6) is 0 Å². The Kier molecular flexibility index (Phi) is 4.69. The fraction of sp³-hybridized carbons (Fsp3) is 1.00. The summed E-state index contributed by atoms with van der Waals surface area (Å²) in [4.78, 5) is 0. The van der Waals surface area contributed by atoms with Crippen molar-refractivity contribution in [3.8, 4) is 0 Å². The van der Waals surface area contributed by atoms with Gasteiger partial charge in [0.15, 0.2) is 0 Å². The number of hydrogen-bond donors (Lipinski definition) is 6. The highest BCUT2D eigenvalue weighted by atomic mass is 16.8. The van der Waals surface area contributed by atoms with Crippen LogP contribution in [0.25, 0.3) is 0 Å². The molecular formula is C14H26N2O7. The van der Waals surface area contributed by atoms with Gasteiger partial charge < -0.3 is 45.3 Å². The van der Waals surface area contributed by atoms with Crippen molar-refractivity contribution in [2.24, 2.45) is 0 Å². The second kappa shape index (κ2) is 6.17. The zero-order valence-electron chi connectivity index (χ0n) is 13.4. The molecule has 1 unspecified atom stereocenters. The molecule has 0 aromatic rings. The van der Waals surface area contributed by atoms with Gasteiger partial charge in [-0.05, 0) is 21.0 Å². The maximum atomic E-state index is 10.7. The molecule has 3 rings (SSSR count). The number of fused-ring (bicyclic) bond motifs is 2. The smallest absolute Gasteiger partial charge is 0.245 e. The van der Waals surface area contributed by atoms with Gasteiger partial charge in [-0.3, -0.25) is 0 Å². The Bertz CT molecular complexity index is 441. The van der Waals surface area contributed by atoms with E-state index in [-0.39, 0.29) is 12.5 Å². The average Bonchev–Trinajstić information content (AvgIpc) is 2.49. The molecule has 2 heterocycles. The predicted octanol–water partition coefficient (Wildman–Crippen LogP) is -3.13. The molecule has 6 N–H and O–H groups in total. The number of rotatable bonds is 2. The summed E-state index contributed by atoms with van der Waals surface area (Å²) in [5.41, 5.74) is 0. The van der Waals surface area contributed by atoms with Crippen LogP contribution in [-0.2, 0) is 14.2 Å². The highest BCUT2D eigenvalue weighted by Crippen LogP contribution is 2.41. The number of aliphatic hydroxyl groups is 4. The number of nitrogens with one attached hydrogen (secondary N) is 2. The summed E-state index contributed by atoms with van der Waals surface area (Å²) in [6, 6.07) is -1.23. The van der Waals surface area contributed by atoms with E-state index >= 15 is 0 Å². The van der Waals surface area contributed by atoms with E-state index in [1.54, 1.807) is 21.0 Å². The van der Waals surface area contributed by atoms with Crippen LogP contribution in [0.1, 0.15) is 13.3 Å². The molecule has 3 aliphatic rings. The Hall–Kier alpha value is -0.360. The fourth-order valence-corrected chi connectivity index (χ4v) is 3.83. The molecule has 0 radical (unpaired) electrons. The van der Waals surface area contributed by atoms with Crippen molar-refractivity contribution in [1.82, 2.24) is 10.6 Å². The molecular weight excluding hydrogens is 308 g/mol. The first kappa shape index (κ1) is 17.5. The lowest BCUT2D eigenvalue weighted by Gasteiger charge is -2.57. The fourth-order valence-electron chi connectivity index (χ4n) is 3.83. The average molecular weight is 334 g/mol. The first-order valence-electron chi connectivity index (χ1n) is 7.93. The first-order valence-corrected chi connectivity index (χ1v) is 7.93. The van der Waals surface area contributed by atoms with Crippen molar-refractivity contribution in [3.05, 3.63) is 0 Å². The molecule has 0 amide bonds. The van der Waals surface area contributed by atoms with Crippen molar-refractivity contribution in [2.75, 3.05) is 14.1 Å². The van der Waals surface area contributed by atoms with E-state index in [0.29, 0.717) is 0 Å². The van der Waals surface area contributed by atoms with Crippen LogP contribution in [-0.4, -0.2) is 95.3 Å². The minimum atomic E-state index is -2.03. The summed E-state index contributed by atoms with van der Waals surface area (Å²) >= 11 is 0. The number of ether oxygens (including phenoxy) is 3. The summed E-state index contributed by atoms with van der Waals surface area (Å²) in [6.07, 6.45) is -6.21. The van der Waals surface area contributed by atoms with E-state index in [9.17, 15) is 20.4 Å². The van der Waals surface area contributed by atoms with Gasteiger partial charge in [-0.2, -0.15) is 0 Å². The van der Waals surface area contributed by atoms with E-state index < -0.39 is 54.7 Å². The predicted molar refractivity (Wildman–Crippen MR) is 77.4 cm³/mol. The Labute approximate surface area is 134 Å². The first-order chi connectivity index (χ1) is 10.8. The lowest BCUT2D eigenvalue weighted by molar-refractivity contribution is -0.462. The van der Waals surface area contributed by atoms with E-state index in [0.717, 1.165) is 0 Å². The van der Waals surface area contributed by atoms with Crippen LogP contribution in [0, 0.1) is 0 Å². The van der Waals surface area contributed by atoms with Crippen LogP contribution in [0.4, 0.5) is 0 Å². The topological polar surface area (TPSA) is 133 Å². The molecule has 23 heavy (non-hydrogen) atoms. The van der Waals surface area contributed by atoms with Crippen LogP contribution in [0.15, 0.2) is 0 Å². The van der Waals surface area contributed by atoms with Crippen LogP contribution in [0.3, 0.4) is 0 Å². The molecule has 9 nitrogen and oxygen atoms in total. The number of likely N-dealkylation sites (N-methyl/N-ethyl adjacent to an activating group) is 2. The SMILES string of the molecule is CN[C@@H]1[C@H](O)[C@H](NC)C2O[C@]3(O)[C@@H](O[C@H](C)C[C@@H]3O)O[C@@H]2[C@H]1O. The summed E-state index contributed by atoms with van der Waals surface area (Å²) in [5.74, 6) is -2.03. The van der Waals surface area contributed by atoms with Gasteiger partial charge in [-0.1, -0.05) is 0 Å². The molecule has 10 atom stereocenters. The molecule has 134 valence electrons. The van der Waals surface area contributed by atoms with Gasteiger partial charge in [0.1, 0.15) is 24.4 Å². The van der Waals surface area contributed by atoms with Gasteiger partial charge in [-0.25, -0.2) is 0 Å². The highest BCUT2D eigenvalue weighted by Gasteiger charge is 2.63. The van der Waals surface area contributed by atoms with E-state index in [1.807, 2.05) is 0 Å². The Balaban J connectivity index is 1.91. The van der Waals surface area contributed by atoms with Crippen LogP contribution in [0.2, 0.25) is 0 Å². The number of hydrogen-bond acceptors (Lipinski definition) is 9. The van der Waals surface area contributed by atoms with Crippen molar-refractivity contribution in [1.29, 1.82) is 0 Å². The Morgan fingerprint density at radius 2 is 1.61 bits per heavy atom. The van der Waals surface area contributed by atoms with Gasteiger partial charge in [0, 0.05) is 6.42 Å². The van der Waals surface area contributed by atoms with Gasteiger partial charge in [0.05, 0.1) is 24.3 Å². The second-order valence-corrected chi connectivity index (χ2v) is 6.58. The summed E-state index contributed by atoms with van der Waals surface area (Å²) in [5, 5.41) is 47.7. The lowest BCUT2D eigenvalue weighted by Crippen LogP contribution is -2.78. The summed E-state index contributed by atoms with van der Waals surface area (Å²) in [6.45, 7) is 1.76. The molecule has 0 bridgehead atoms. The third kappa shape index (κ3) is 2.60. The number of aliphatic hydroxyl groups excluding tert-OH is 3. The third-order valence-electron chi connectivity index (χ3n) is 5.12. The van der Waals surface area contributed by atoms with Gasteiger partial charge in [0.2, 0.25) is 12.1 Å². The zero-order valence-corrected chi connectivity index (χ0v) is 13.4. The third-order valence-corrected chi connectivity index (χ3v) is 5.12. The molecule has 2 saturated heterocycles. The molecule has 1 aliphatic carbocycles. The largest absolute Gasteiger partial charge is 0.390 e. The van der Waals surface area contributed by atoms with Crippen molar-refractivity contribution < 1.29 is 34.6 Å². The molecule has 1 saturated carbocycles. The summed E-state index contributed by atoms with van der Waals surface area (Å²) < 4.78 is 17.0. The highest BCUT2D eigenvalue weighted by molar-refractivity contribution is 5.09. The Morgan fingerprint density at radius 3 is 2.22 bits per heavy atom. The lowest BCUT2D eigenvalue weighted by atomic mass is 9.80. The maximum Gasteiger partial charge on any atom is 0.245 e. The quantitative estimate of drug-likeness (QED) is 0.310. The second-order valence-electron chi connectivity index (χ2n) is 6.58. The van der Waals surface area contributed by atoms with E-state index in [2.05, 4.69) is 10.6 Å². The van der Waals surface area contributed by atoms with Gasteiger partial charge >= 0.3 is 0 Å². The monoisotopic (exact) mass is 334 g/mol. The molecule has 0 spiro atoms. The zero-order chi connectivity index (χ0) is 16.9. The van der Waals surface area contributed by atoms with Crippen molar-refractivity contribution >= 4 is 0 Å². The minimum Gasteiger partial charge on any atom is -0.390 e. The standard InChI is InChI=1S/C14H26N2O7/c1-5-4-6(17)14(20)13(21-5)22-12-10(19)7(15-2)9(18)8(16-3)11(12)23-14/h5-13,15-20H,4H2,1-3H3/t5-,6+,7-,8+,9+,10+,11?,12-,13+,14+/m1/s1. The molecule has 9 heteroatoms. The molecule has 0 aromatic heterocycles. The van der Waals surface area contributed by atoms with Crippen LogP contribution < -0.4 is 10.6 Å². The summed E-state index contributed by atoms with van der Waals surface area (Å²) in [7, 11) is 3.28. The molecule has 2 aliphatic heterocycles. The van der Waals surface area contributed by atoms with E-state index in [1.165, 1.54) is 0 Å². The van der Waals surface area contributed by atoms with Crippen molar-refractivity contribution in [3.63, 3.8) is 0 Å². The van der Waals surface area contributed by atoms with E-state index in [4.69, 9.17) is 14.2 Å². The maximum absolute atomic E-state index is 10.7. The van der Waals surface area contributed by atoms with Crippen LogP contribution >= 0.6 is 0 Å². The van der Waals surface area contributed by atoms with Gasteiger partial charge in [-0.15, -0.1) is 0 Å². The molecule has 0 aromatic carbocycles. The minimum absolute atomic E-state index is 0.197. The van der Waals surface area contributed by atoms with Crippen molar-refractivity contribution in [2.45, 2.75) is 74.1 Å². The Morgan fingerprint density at radius 1 is 0.957 bits per heavy atom. The molecule has 3 fully saturated rings.